The summed E-state index contributed by atoms with van der Waals surface area (Å²) in [4.78, 5) is 11.6. The van der Waals surface area contributed by atoms with Crippen molar-refractivity contribution in [3.05, 3.63) is 12.2 Å². The first-order valence-electron chi connectivity index (χ1n) is 5.30. The Labute approximate surface area is 96.2 Å². The zero-order chi connectivity index (χ0) is 9.45. The molecule has 0 spiro atoms. The van der Waals surface area contributed by atoms with Gasteiger partial charge in [0.25, 0.3) is 0 Å². The standard InChI is InChI=1S/C11H11IO2/c12-9-5-2-1-4-3-6-8(7(4)5)10(9)14-11(6)13/h1-2,4-10H,3H2/t4-,5-,6-,7+,8-,9-,10-/m0/s1. The summed E-state index contributed by atoms with van der Waals surface area (Å²) in [6, 6.07) is 0. The van der Waals surface area contributed by atoms with Crippen LogP contribution >= 0.6 is 22.6 Å². The first kappa shape index (κ1) is 8.13. The SMILES string of the molecule is O=C1O[C@@H]2[C@@H](I)[C@H]3C=C[C@H]4C[C@H]1[C@H]2[C@@H]34. The van der Waals surface area contributed by atoms with Crippen molar-refractivity contribution >= 4 is 28.6 Å². The number of rotatable bonds is 0. The highest BCUT2D eigenvalue weighted by molar-refractivity contribution is 14.1. The molecule has 0 N–H and O–H groups in total. The molecule has 1 aliphatic heterocycles. The number of hydrogen-bond donors (Lipinski definition) is 0. The molecule has 0 aromatic carbocycles. The molecule has 0 amide bonds. The fourth-order valence-corrected chi connectivity index (χ4v) is 5.47. The van der Waals surface area contributed by atoms with E-state index in [0.717, 1.165) is 12.3 Å². The summed E-state index contributed by atoms with van der Waals surface area (Å²) >= 11 is 2.48. The summed E-state index contributed by atoms with van der Waals surface area (Å²) in [7, 11) is 0. The van der Waals surface area contributed by atoms with Gasteiger partial charge < -0.3 is 4.74 Å². The van der Waals surface area contributed by atoms with Crippen LogP contribution in [0.1, 0.15) is 6.42 Å². The van der Waals surface area contributed by atoms with Gasteiger partial charge in [-0.05, 0) is 24.2 Å². The van der Waals surface area contributed by atoms with Crippen LogP contribution < -0.4 is 0 Å². The van der Waals surface area contributed by atoms with E-state index in [9.17, 15) is 4.79 Å². The molecule has 0 radical (unpaired) electrons. The van der Waals surface area contributed by atoms with Gasteiger partial charge in [-0.15, -0.1) is 0 Å². The van der Waals surface area contributed by atoms with Crippen LogP contribution in [-0.4, -0.2) is 16.0 Å². The molecule has 74 valence electrons. The normalized spacial score (nSPS) is 62.1. The lowest BCUT2D eigenvalue weighted by Gasteiger charge is -2.14. The van der Waals surface area contributed by atoms with E-state index < -0.39 is 0 Å². The quantitative estimate of drug-likeness (QED) is 0.295. The lowest BCUT2D eigenvalue weighted by molar-refractivity contribution is -0.144. The molecule has 3 aliphatic carbocycles. The monoisotopic (exact) mass is 302 g/mol. The molecule has 0 unspecified atom stereocenters. The molecule has 4 aliphatic rings. The van der Waals surface area contributed by atoms with Gasteiger partial charge in [0.05, 0.1) is 9.84 Å². The molecular weight excluding hydrogens is 291 g/mol. The smallest absolute Gasteiger partial charge is 0.309 e. The molecule has 14 heavy (non-hydrogen) atoms. The molecule has 1 saturated heterocycles. The van der Waals surface area contributed by atoms with E-state index in [4.69, 9.17) is 4.74 Å². The Morgan fingerprint density at radius 3 is 3.07 bits per heavy atom. The molecule has 1 heterocycles. The van der Waals surface area contributed by atoms with Crippen molar-refractivity contribution in [3.8, 4) is 0 Å². The van der Waals surface area contributed by atoms with E-state index in [0.29, 0.717) is 21.7 Å². The maximum Gasteiger partial charge on any atom is 0.309 e. The second-order valence-corrected chi connectivity index (χ2v) is 6.41. The minimum absolute atomic E-state index is 0.0860. The Hall–Kier alpha value is -0.0600. The van der Waals surface area contributed by atoms with Crippen molar-refractivity contribution in [1.29, 1.82) is 0 Å². The van der Waals surface area contributed by atoms with Gasteiger partial charge in [0.2, 0.25) is 0 Å². The van der Waals surface area contributed by atoms with Crippen LogP contribution in [0.25, 0.3) is 0 Å². The largest absolute Gasteiger partial charge is 0.461 e. The Balaban J connectivity index is 1.86. The number of hydrogen-bond acceptors (Lipinski definition) is 2. The zero-order valence-corrected chi connectivity index (χ0v) is 9.76. The molecule has 7 atom stereocenters. The van der Waals surface area contributed by atoms with Crippen molar-refractivity contribution in [2.24, 2.45) is 29.6 Å². The molecule has 0 bridgehead atoms. The predicted molar refractivity (Wildman–Crippen MR) is 58.9 cm³/mol. The van der Waals surface area contributed by atoms with Gasteiger partial charge in [-0.1, -0.05) is 34.7 Å². The third-order valence-corrected chi connectivity index (χ3v) is 6.11. The summed E-state index contributed by atoms with van der Waals surface area (Å²) in [5.41, 5.74) is 0. The fraction of sp³-hybridized carbons (Fsp3) is 0.727. The van der Waals surface area contributed by atoms with Gasteiger partial charge in [-0.25, -0.2) is 0 Å². The Kier molecular flexibility index (Phi) is 1.37. The summed E-state index contributed by atoms with van der Waals surface area (Å²) in [5.74, 6) is 2.98. The molecule has 0 aromatic rings. The summed E-state index contributed by atoms with van der Waals surface area (Å²) < 4.78 is 6.03. The second-order valence-electron chi connectivity index (χ2n) is 4.97. The zero-order valence-electron chi connectivity index (χ0n) is 7.60. The van der Waals surface area contributed by atoms with Gasteiger partial charge in [-0.2, -0.15) is 0 Å². The van der Waals surface area contributed by atoms with Crippen molar-refractivity contribution in [2.45, 2.75) is 16.4 Å². The van der Waals surface area contributed by atoms with Gasteiger partial charge in [0.15, 0.2) is 0 Å². The van der Waals surface area contributed by atoms with Gasteiger partial charge in [0.1, 0.15) is 6.10 Å². The molecule has 3 heteroatoms. The molecular formula is C11H11IO2. The van der Waals surface area contributed by atoms with E-state index in [1.54, 1.807) is 0 Å². The summed E-state index contributed by atoms with van der Waals surface area (Å²) in [6.07, 6.45) is 6.01. The van der Waals surface area contributed by atoms with Gasteiger partial charge in [-0.3, -0.25) is 4.79 Å². The highest BCUT2D eigenvalue weighted by Crippen LogP contribution is 2.63. The van der Waals surface area contributed by atoms with Crippen LogP contribution in [0.4, 0.5) is 0 Å². The van der Waals surface area contributed by atoms with Crippen LogP contribution in [0.15, 0.2) is 12.2 Å². The van der Waals surface area contributed by atoms with Crippen molar-refractivity contribution < 1.29 is 9.53 Å². The van der Waals surface area contributed by atoms with E-state index in [1.165, 1.54) is 0 Å². The lowest BCUT2D eigenvalue weighted by atomic mass is 9.89. The van der Waals surface area contributed by atoms with E-state index in [1.807, 2.05) is 0 Å². The maximum absolute atomic E-state index is 11.6. The highest BCUT2D eigenvalue weighted by atomic mass is 127. The lowest BCUT2D eigenvalue weighted by Crippen LogP contribution is -2.21. The number of alkyl halides is 1. The van der Waals surface area contributed by atoms with Gasteiger partial charge in [0, 0.05) is 5.92 Å². The minimum atomic E-state index is 0.0860. The Bertz CT molecular complexity index is 351. The van der Waals surface area contributed by atoms with Crippen molar-refractivity contribution in [1.82, 2.24) is 0 Å². The third kappa shape index (κ3) is 0.708. The van der Waals surface area contributed by atoms with Crippen LogP contribution in [0.2, 0.25) is 0 Å². The molecule has 3 fully saturated rings. The van der Waals surface area contributed by atoms with Crippen LogP contribution in [0, 0.1) is 29.6 Å². The van der Waals surface area contributed by atoms with Crippen LogP contribution in [0.3, 0.4) is 0 Å². The van der Waals surface area contributed by atoms with Crippen LogP contribution in [0.5, 0.6) is 0 Å². The number of esters is 1. The molecule has 2 saturated carbocycles. The predicted octanol–water partition coefficient (Wildman–Crippen LogP) is 1.78. The topological polar surface area (TPSA) is 26.3 Å². The number of ether oxygens (including phenoxy) is 1. The number of halogens is 1. The number of allylic oxidation sites excluding steroid dienone is 2. The number of carbonyl (C=O) groups excluding carboxylic acids is 1. The number of carbonyl (C=O) groups is 1. The first-order valence-corrected chi connectivity index (χ1v) is 6.55. The van der Waals surface area contributed by atoms with E-state index in [2.05, 4.69) is 34.7 Å². The van der Waals surface area contributed by atoms with E-state index in [-0.39, 0.29) is 18.0 Å². The summed E-state index contributed by atoms with van der Waals surface area (Å²) in [5, 5.41) is 0. The molecule has 4 rings (SSSR count). The molecule has 2 nitrogen and oxygen atoms in total. The second kappa shape index (κ2) is 2.36. The Morgan fingerprint density at radius 2 is 2.21 bits per heavy atom. The first-order chi connectivity index (χ1) is 6.77. The fourth-order valence-electron chi connectivity index (χ4n) is 4.13. The maximum atomic E-state index is 11.6. The summed E-state index contributed by atoms with van der Waals surface area (Å²) in [6.45, 7) is 0. The van der Waals surface area contributed by atoms with Crippen molar-refractivity contribution in [2.75, 3.05) is 0 Å². The van der Waals surface area contributed by atoms with Crippen molar-refractivity contribution in [3.63, 3.8) is 0 Å². The minimum Gasteiger partial charge on any atom is -0.461 e. The van der Waals surface area contributed by atoms with E-state index >= 15 is 0 Å². The average molecular weight is 302 g/mol. The molecule has 0 aromatic heterocycles. The highest BCUT2D eigenvalue weighted by Gasteiger charge is 2.66. The Morgan fingerprint density at radius 1 is 1.36 bits per heavy atom. The third-order valence-electron chi connectivity index (χ3n) is 4.57. The van der Waals surface area contributed by atoms with Gasteiger partial charge >= 0.3 is 5.97 Å². The average Bonchev–Trinajstić information content (AvgIpc) is 2.78. The van der Waals surface area contributed by atoms with Crippen LogP contribution in [-0.2, 0) is 9.53 Å².